The van der Waals surface area contributed by atoms with Gasteiger partial charge in [0.25, 0.3) is 0 Å². The highest BCUT2D eigenvalue weighted by Crippen LogP contribution is 2.60. The third kappa shape index (κ3) is 6.38. The zero-order chi connectivity index (χ0) is 41.9. The summed E-state index contributed by atoms with van der Waals surface area (Å²) in [4.78, 5) is 43.6. The number of anilines is 2. The molecule has 8 aliphatic rings. The van der Waals surface area contributed by atoms with Crippen molar-refractivity contribution in [2.24, 2.45) is 16.8 Å². The molecule has 16 heteroatoms. The summed E-state index contributed by atoms with van der Waals surface area (Å²) in [7, 11) is 3.28. The lowest BCUT2D eigenvalue weighted by molar-refractivity contribution is -0.852. The number of epoxide rings is 1. The van der Waals surface area contributed by atoms with E-state index in [2.05, 4.69) is 23.3 Å². The number of phenols is 1. The minimum Gasteiger partial charge on any atom is -0.507 e. The van der Waals surface area contributed by atoms with Crippen LogP contribution < -0.4 is 26.5 Å². The number of nitrogens with one attached hydrogen (secondary N) is 1. The monoisotopic (exact) mass is 863 g/mol. The third-order valence-electron chi connectivity index (χ3n) is 14.0. The van der Waals surface area contributed by atoms with E-state index in [0.29, 0.717) is 91.0 Å². The summed E-state index contributed by atoms with van der Waals surface area (Å²) < 4.78 is 26.1. The maximum absolute atomic E-state index is 14.9. The minimum atomic E-state index is -1.35. The number of fused-ring (bicyclic) bond motifs is 9. The number of aliphatic hydroxyl groups is 1. The number of hydrogen-bond acceptors (Lipinski definition) is 15. The number of allylic oxidation sites excluding steroid dienone is 1. The Kier molecular flexibility index (Phi) is 9.17. The fraction of sp³-hybridized carbons (Fsp3) is 0.444. The summed E-state index contributed by atoms with van der Waals surface area (Å²) in [6.45, 7) is 5.08. The second kappa shape index (κ2) is 14.3. The van der Waals surface area contributed by atoms with Crippen LogP contribution in [0.15, 0.2) is 68.1 Å². The Balaban J connectivity index is 0.992. The Morgan fingerprint density at radius 3 is 2.77 bits per heavy atom. The Morgan fingerprint density at radius 1 is 1.07 bits per heavy atom. The summed E-state index contributed by atoms with van der Waals surface area (Å²) in [6, 6.07) is 9.01. The fourth-order valence-electron chi connectivity index (χ4n) is 11.1. The molecule has 0 amide bonds. The van der Waals surface area contributed by atoms with Crippen molar-refractivity contribution in [3.8, 4) is 22.8 Å². The number of nitrogens with two attached hydrogens (primary N) is 2. The molecule has 6 bridgehead atoms. The van der Waals surface area contributed by atoms with Crippen molar-refractivity contribution in [3.05, 3.63) is 92.2 Å². The van der Waals surface area contributed by atoms with Gasteiger partial charge in [0.05, 0.1) is 23.6 Å². The molecular weight excluding hydrogens is 817 g/mol. The molecule has 1 unspecified atom stereocenters. The molecule has 4 fully saturated rings. The van der Waals surface area contributed by atoms with Gasteiger partial charge in [-0.1, -0.05) is 21.6 Å². The van der Waals surface area contributed by atoms with Crippen LogP contribution in [0.25, 0.3) is 22.2 Å². The van der Waals surface area contributed by atoms with E-state index in [1.807, 2.05) is 25.3 Å². The fourth-order valence-corrected chi connectivity index (χ4v) is 13.4. The molecule has 3 aromatic heterocycles. The van der Waals surface area contributed by atoms with Crippen LogP contribution in [-0.4, -0.2) is 74.2 Å². The van der Waals surface area contributed by atoms with Crippen molar-refractivity contribution < 1.29 is 38.5 Å². The first-order valence-corrected chi connectivity index (χ1v) is 23.5. The number of carbonyl (C=O) groups is 1. The van der Waals surface area contributed by atoms with Gasteiger partial charge < -0.3 is 40.3 Å². The predicted octanol–water partition coefficient (Wildman–Crippen LogP) is 4.67. The number of aliphatic hydroxyl groups excluding tert-OH is 1. The average Bonchev–Trinajstić information content (AvgIpc) is 3.53. The van der Waals surface area contributed by atoms with Crippen LogP contribution in [0, 0.1) is 18.8 Å². The smallest absolute Gasteiger partial charge is 0.342 e. The van der Waals surface area contributed by atoms with Gasteiger partial charge in [-0.05, 0) is 81.7 Å². The molecule has 14 nitrogen and oxygen atoms in total. The molecule has 1 aromatic carbocycles. The number of pyridine rings is 2. The molecule has 10 heterocycles. The molecule has 316 valence electrons. The summed E-state index contributed by atoms with van der Waals surface area (Å²) in [5.74, 6) is 0.690. The van der Waals surface area contributed by atoms with E-state index < -0.39 is 47.3 Å². The lowest BCUT2D eigenvalue weighted by atomic mass is 9.64. The SMILES string of the molecule is Cc1cc(=O)c2c(O)c3c(cc2o1)O[C@@]1(C)CCSSCc2c(cc(C[NH+]4C=C5N=CC=C5C4)nc2N)-c2cc(cc(N)n2)CC[C@H]2O[C@]24C(=O)O[C@@H]1[C@@H]3[C@@H]1CC[C@@H]4[C@@H](O)C1. The van der Waals surface area contributed by atoms with Crippen LogP contribution in [-0.2, 0) is 33.0 Å². The zero-order valence-electron chi connectivity index (χ0n) is 33.8. The second-order valence-corrected chi connectivity index (χ2v) is 20.4. The number of benzene rings is 1. The number of quaternary nitrogens is 1. The van der Waals surface area contributed by atoms with Crippen LogP contribution in [0.4, 0.5) is 11.6 Å². The molecule has 1 saturated carbocycles. The molecule has 4 aromatic rings. The van der Waals surface area contributed by atoms with Crippen LogP contribution in [0.1, 0.15) is 73.1 Å². The van der Waals surface area contributed by atoms with E-state index in [4.69, 9.17) is 40.1 Å². The Morgan fingerprint density at radius 2 is 1.93 bits per heavy atom. The summed E-state index contributed by atoms with van der Waals surface area (Å²) >= 11 is 0. The van der Waals surface area contributed by atoms with Crippen molar-refractivity contribution in [3.63, 3.8) is 0 Å². The van der Waals surface area contributed by atoms with Gasteiger partial charge in [-0.25, -0.2) is 14.8 Å². The highest BCUT2D eigenvalue weighted by Gasteiger charge is 2.71. The van der Waals surface area contributed by atoms with Crippen LogP contribution >= 0.6 is 21.6 Å². The van der Waals surface area contributed by atoms with E-state index in [9.17, 15) is 19.8 Å². The number of nitrogen functional groups attached to an aromatic ring is 2. The highest BCUT2D eigenvalue weighted by atomic mass is 33.1. The Hall–Kier alpha value is -4.87. The Labute approximate surface area is 359 Å². The number of carbonyl (C=O) groups excluding carboxylic acids is 1. The van der Waals surface area contributed by atoms with E-state index >= 15 is 0 Å². The van der Waals surface area contributed by atoms with E-state index in [1.165, 1.54) is 16.5 Å². The lowest BCUT2D eigenvalue weighted by Gasteiger charge is -2.48. The number of aromatic hydroxyl groups is 1. The maximum atomic E-state index is 14.9. The standard InChI is InChI=1S/C45H46N6O8S2/c1-21-11-32(53)38-33(56-21)16-34-39(40(38)54)37-23-4-5-28(31(52)14-23)45-35(59-45)6-3-22-12-29(50-36(46)13-22)26-15-25(18-51-17-24-7-9-48-30(24)19-51)49-42(47)27(26)20-61-60-10-8-44(2,58-34)41(37)57-43(45)55/h7,9,11-13,15-16,19,23,28,31,35,37,41,52,54H,3-6,8,10,14,17-18,20H2,1-2H3,(H2,46,50)(H2,47,49)/p+1/t23-,28-,31+,35-,37-,41-,44+,45+/m1/s1. The van der Waals surface area contributed by atoms with Gasteiger partial charge in [-0.2, -0.15) is 0 Å². The largest absolute Gasteiger partial charge is 0.507 e. The first-order chi connectivity index (χ1) is 29.4. The van der Waals surface area contributed by atoms with Crippen LogP contribution in [0.3, 0.4) is 0 Å². The molecule has 12 rings (SSSR count). The van der Waals surface area contributed by atoms with E-state index in [-0.39, 0.29) is 28.1 Å². The first-order valence-electron chi connectivity index (χ1n) is 21.0. The van der Waals surface area contributed by atoms with Gasteiger partial charge in [0.1, 0.15) is 76.6 Å². The number of phenolic OH excluding ortho intramolecular Hbond substituents is 1. The van der Waals surface area contributed by atoms with Gasteiger partial charge >= 0.3 is 5.97 Å². The number of rotatable bonds is 2. The van der Waals surface area contributed by atoms with E-state index in [1.54, 1.807) is 34.6 Å². The van der Waals surface area contributed by atoms with Gasteiger partial charge in [0.15, 0.2) is 11.0 Å². The summed E-state index contributed by atoms with van der Waals surface area (Å²) in [6.07, 6.45) is 6.78. The quantitative estimate of drug-likeness (QED) is 0.105. The number of hydrogen-bond donors (Lipinski definition) is 5. The van der Waals surface area contributed by atoms with Gasteiger partial charge in [-0.3, -0.25) is 14.7 Å². The number of nitrogens with zero attached hydrogens (tertiary/aromatic N) is 3. The number of aromatic nitrogens is 2. The second-order valence-electron chi connectivity index (χ2n) is 17.8. The third-order valence-corrected chi connectivity index (χ3v) is 16.3. The first kappa shape index (κ1) is 39.0. The molecule has 1 spiro atoms. The topological polar surface area (TPSA) is 213 Å². The Bertz CT molecular complexity index is 2700. The number of esters is 1. The van der Waals surface area contributed by atoms with Gasteiger partial charge in [0.2, 0.25) is 0 Å². The van der Waals surface area contributed by atoms with Crippen molar-refractivity contribution in [1.82, 2.24) is 9.97 Å². The molecule has 7 N–H and O–H groups in total. The molecule has 7 aliphatic heterocycles. The normalized spacial score (nSPS) is 32.4. The highest BCUT2D eigenvalue weighted by molar-refractivity contribution is 8.76. The number of aryl methyl sites for hydroxylation is 2. The summed E-state index contributed by atoms with van der Waals surface area (Å²) in [5.41, 5.74) is 17.6. The summed E-state index contributed by atoms with van der Waals surface area (Å²) in [5, 5.41) is 24.0. The zero-order valence-corrected chi connectivity index (χ0v) is 35.4. The molecule has 61 heavy (non-hydrogen) atoms. The maximum Gasteiger partial charge on any atom is 0.342 e. The number of ether oxygens (including phenoxy) is 3. The lowest BCUT2D eigenvalue weighted by Crippen LogP contribution is -3.04. The average molecular weight is 864 g/mol. The van der Waals surface area contributed by atoms with Crippen molar-refractivity contribution in [2.75, 3.05) is 23.8 Å². The molecular formula is C45H47N6O8S2+. The van der Waals surface area contributed by atoms with E-state index in [0.717, 1.165) is 34.6 Å². The van der Waals surface area contributed by atoms with Crippen molar-refractivity contribution in [1.29, 1.82) is 0 Å². The van der Waals surface area contributed by atoms with Crippen molar-refractivity contribution in [2.45, 2.75) is 100 Å². The predicted molar refractivity (Wildman–Crippen MR) is 232 cm³/mol. The van der Waals surface area contributed by atoms with Crippen LogP contribution in [0.2, 0.25) is 0 Å². The van der Waals surface area contributed by atoms with Crippen molar-refractivity contribution >= 4 is 56.4 Å². The number of aliphatic imine (C=N–C) groups is 1. The molecule has 0 radical (unpaired) electrons. The molecule has 1 aliphatic carbocycles. The molecule has 3 saturated heterocycles. The van der Waals surface area contributed by atoms with Gasteiger partial charge in [-0.15, -0.1) is 0 Å². The molecule has 9 atom stereocenters. The minimum absolute atomic E-state index is 0.0524. The van der Waals surface area contributed by atoms with Gasteiger partial charge in [0, 0.05) is 70.4 Å². The van der Waals surface area contributed by atoms with Crippen LogP contribution in [0.5, 0.6) is 11.5 Å².